The molecule has 8 nitrogen and oxygen atoms in total. The molecule has 1 aliphatic heterocycles. The molecule has 1 amide bonds. The molecular weight excluding hydrogens is 448 g/mol. The number of aliphatic hydroxyl groups excluding tert-OH is 1. The number of likely N-dealkylation sites (tertiary alicyclic amines) is 1. The van der Waals surface area contributed by atoms with E-state index in [1.54, 1.807) is 68.9 Å². The van der Waals surface area contributed by atoms with E-state index in [-0.39, 0.29) is 29.4 Å². The number of ether oxygens (including phenoxy) is 2. The van der Waals surface area contributed by atoms with Crippen molar-refractivity contribution in [1.82, 2.24) is 9.88 Å². The number of carbonyl (C=O) groups is 2. The van der Waals surface area contributed by atoms with Gasteiger partial charge in [0, 0.05) is 24.5 Å². The zero-order valence-electron chi connectivity index (χ0n) is 19.7. The van der Waals surface area contributed by atoms with Crippen LogP contribution in [0, 0.1) is 6.92 Å². The highest BCUT2D eigenvalue weighted by molar-refractivity contribution is 6.46. The first kappa shape index (κ1) is 23.8. The predicted octanol–water partition coefficient (Wildman–Crippen LogP) is 4.12. The van der Waals surface area contributed by atoms with Gasteiger partial charge in [-0.25, -0.2) is 0 Å². The second-order valence-corrected chi connectivity index (χ2v) is 8.13. The summed E-state index contributed by atoms with van der Waals surface area (Å²) in [6.07, 6.45) is 3.24. The summed E-state index contributed by atoms with van der Waals surface area (Å²) >= 11 is 0. The topological polar surface area (TPSA) is 109 Å². The minimum atomic E-state index is -0.905. The van der Waals surface area contributed by atoms with Gasteiger partial charge < -0.3 is 24.6 Å². The van der Waals surface area contributed by atoms with Crippen LogP contribution in [-0.2, 0) is 16.1 Å². The molecule has 1 saturated heterocycles. The van der Waals surface area contributed by atoms with Crippen LogP contribution in [0.25, 0.3) is 5.76 Å². The van der Waals surface area contributed by atoms with Gasteiger partial charge in [0.1, 0.15) is 11.5 Å². The standard InChI is InChI=1S/C27H26N2O6/c1-4-35-22-13-18(7-9-20(22)30)24-23(25(31)19-8-10-21(34-3)16(2)12-19)26(32)27(33)29(24)15-17-6-5-11-28-14-17/h5-14,24,30-31H,4,15H2,1-3H3/b25-23+/t24-/m0/s1. The van der Waals surface area contributed by atoms with Crippen molar-refractivity contribution >= 4 is 17.4 Å². The fourth-order valence-electron chi connectivity index (χ4n) is 4.23. The zero-order valence-corrected chi connectivity index (χ0v) is 19.7. The Balaban J connectivity index is 1.89. The van der Waals surface area contributed by atoms with Crippen LogP contribution in [0.1, 0.15) is 35.2 Å². The fourth-order valence-corrected chi connectivity index (χ4v) is 4.23. The maximum Gasteiger partial charge on any atom is 0.295 e. The molecule has 0 saturated carbocycles. The predicted molar refractivity (Wildman–Crippen MR) is 129 cm³/mol. The van der Waals surface area contributed by atoms with Gasteiger partial charge in [-0.3, -0.25) is 14.6 Å². The van der Waals surface area contributed by atoms with Crippen LogP contribution in [0.2, 0.25) is 0 Å². The summed E-state index contributed by atoms with van der Waals surface area (Å²) in [6, 6.07) is 12.3. The minimum Gasteiger partial charge on any atom is -0.507 e. The molecule has 2 aromatic carbocycles. The number of Topliss-reactive ketones (excluding diaryl/α,β-unsaturated/α-hetero) is 1. The van der Waals surface area contributed by atoms with Crippen LogP contribution < -0.4 is 9.47 Å². The Morgan fingerprint density at radius 3 is 2.57 bits per heavy atom. The summed E-state index contributed by atoms with van der Waals surface area (Å²) in [7, 11) is 1.55. The number of hydrogen-bond donors (Lipinski definition) is 2. The molecule has 0 radical (unpaired) electrons. The van der Waals surface area contributed by atoms with Crippen LogP contribution in [0.4, 0.5) is 0 Å². The molecule has 0 spiro atoms. The lowest BCUT2D eigenvalue weighted by Crippen LogP contribution is -2.29. The molecule has 0 aliphatic carbocycles. The van der Waals surface area contributed by atoms with E-state index in [1.165, 1.54) is 11.0 Å². The Hall–Kier alpha value is -4.33. The summed E-state index contributed by atoms with van der Waals surface area (Å²) in [5, 5.41) is 21.5. The Bertz CT molecular complexity index is 1300. The molecule has 0 unspecified atom stereocenters. The molecule has 2 N–H and O–H groups in total. The first-order valence-electron chi connectivity index (χ1n) is 11.1. The van der Waals surface area contributed by atoms with E-state index >= 15 is 0 Å². The number of benzene rings is 2. The summed E-state index contributed by atoms with van der Waals surface area (Å²) in [6.45, 7) is 4.03. The lowest BCUT2D eigenvalue weighted by Gasteiger charge is -2.26. The molecule has 1 aliphatic rings. The van der Waals surface area contributed by atoms with Crippen LogP contribution in [0.5, 0.6) is 17.2 Å². The van der Waals surface area contributed by atoms with Gasteiger partial charge in [0.2, 0.25) is 0 Å². The van der Waals surface area contributed by atoms with E-state index in [4.69, 9.17) is 9.47 Å². The lowest BCUT2D eigenvalue weighted by atomic mass is 9.94. The van der Waals surface area contributed by atoms with E-state index in [9.17, 15) is 19.8 Å². The number of pyridine rings is 1. The molecule has 1 atom stereocenters. The largest absolute Gasteiger partial charge is 0.507 e. The first-order chi connectivity index (χ1) is 16.8. The third-order valence-electron chi connectivity index (χ3n) is 5.88. The Labute approximate surface area is 203 Å². The van der Waals surface area contributed by atoms with Crippen molar-refractivity contribution in [2.45, 2.75) is 26.4 Å². The second-order valence-electron chi connectivity index (χ2n) is 8.13. The molecule has 4 rings (SSSR count). The summed E-state index contributed by atoms with van der Waals surface area (Å²) in [4.78, 5) is 31.9. The van der Waals surface area contributed by atoms with Crippen molar-refractivity contribution in [1.29, 1.82) is 0 Å². The number of phenolic OH excluding ortho intramolecular Hbond substituents is 1. The normalized spacial score (nSPS) is 17.0. The van der Waals surface area contributed by atoms with Crippen molar-refractivity contribution in [3.8, 4) is 17.2 Å². The number of aromatic hydroxyl groups is 1. The Morgan fingerprint density at radius 1 is 1.11 bits per heavy atom. The number of hydrogen-bond acceptors (Lipinski definition) is 7. The third kappa shape index (κ3) is 4.55. The van der Waals surface area contributed by atoms with Crippen molar-refractivity contribution in [2.24, 2.45) is 0 Å². The molecule has 3 aromatic rings. The summed E-state index contributed by atoms with van der Waals surface area (Å²) < 4.78 is 10.8. The second kappa shape index (κ2) is 9.89. The minimum absolute atomic E-state index is 0.0448. The fraction of sp³-hybridized carbons (Fsp3) is 0.222. The van der Waals surface area contributed by atoms with Gasteiger partial charge in [0.05, 0.1) is 25.3 Å². The van der Waals surface area contributed by atoms with Gasteiger partial charge in [-0.15, -0.1) is 0 Å². The van der Waals surface area contributed by atoms with E-state index in [2.05, 4.69) is 4.98 Å². The average molecular weight is 475 g/mol. The molecule has 1 aromatic heterocycles. The van der Waals surface area contributed by atoms with E-state index < -0.39 is 17.7 Å². The number of aliphatic hydroxyl groups is 1. The molecule has 35 heavy (non-hydrogen) atoms. The lowest BCUT2D eigenvalue weighted by molar-refractivity contribution is -0.140. The van der Waals surface area contributed by atoms with Crippen LogP contribution in [0.3, 0.4) is 0 Å². The van der Waals surface area contributed by atoms with E-state index in [0.29, 0.717) is 23.5 Å². The quantitative estimate of drug-likeness (QED) is 0.301. The number of ketones is 1. The van der Waals surface area contributed by atoms with Crippen LogP contribution in [0.15, 0.2) is 66.5 Å². The van der Waals surface area contributed by atoms with Crippen molar-refractivity contribution in [2.75, 3.05) is 13.7 Å². The summed E-state index contributed by atoms with van der Waals surface area (Å²) in [5.74, 6) is -1.04. The van der Waals surface area contributed by atoms with Crippen molar-refractivity contribution in [3.63, 3.8) is 0 Å². The molecule has 0 bridgehead atoms. The van der Waals surface area contributed by atoms with Crippen LogP contribution in [-0.4, -0.2) is 45.5 Å². The monoisotopic (exact) mass is 474 g/mol. The smallest absolute Gasteiger partial charge is 0.295 e. The maximum atomic E-state index is 13.3. The Morgan fingerprint density at radius 2 is 1.91 bits per heavy atom. The van der Waals surface area contributed by atoms with Crippen molar-refractivity contribution < 1.29 is 29.3 Å². The number of methoxy groups -OCH3 is 1. The third-order valence-corrected chi connectivity index (χ3v) is 5.88. The molecule has 8 heteroatoms. The number of aromatic nitrogens is 1. The van der Waals surface area contributed by atoms with Gasteiger partial charge in [-0.1, -0.05) is 12.1 Å². The molecular formula is C27H26N2O6. The van der Waals surface area contributed by atoms with Gasteiger partial charge in [0.15, 0.2) is 11.5 Å². The molecule has 1 fully saturated rings. The number of amides is 1. The first-order valence-corrected chi connectivity index (χ1v) is 11.1. The Kier molecular flexibility index (Phi) is 6.73. The average Bonchev–Trinajstić information content (AvgIpc) is 3.10. The number of rotatable bonds is 7. The van der Waals surface area contributed by atoms with E-state index in [0.717, 1.165) is 11.1 Å². The molecule has 180 valence electrons. The number of carbonyl (C=O) groups excluding carboxylic acids is 2. The highest BCUT2D eigenvalue weighted by atomic mass is 16.5. The van der Waals surface area contributed by atoms with E-state index in [1.807, 2.05) is 6.92 Å². The van der Waals surface area contributed by atoms with Crippen LogP contribution >= 0.6 is 0 Å². The highest BCUT2D eigenvalue weighted by Crippen LogP contribution is 2.42. The number of aryl methyl sites for hydroxylation is 1. The highest BCUT2D eigenvalue weighted by Gasteiger charge is 2.46. The van der Waals surface area contributed by atoms with Gasteiger partial charge in [0.25, 0.3) is 11.7 Å². The maximum absolute atomic E-state index is 13.3. The molecule has 2 heterocycles. The SMILES string of the molecule is CCOc1cc([C@H]2/C(=C(\O)c3ccc(OC)c(C)c3)C(=O)C(=O)N2Cc2cccnc2)ccc1O. The number of nitrogens with zero attached hydrogens (tertiary/aromatic N) is 2. The van der Waals surface area contributed by atoms with Gasteiger partial charge in [-0.05, 0) is 66.9 Å². The van der Waals surface area contributed by atoms with Crippen molar-refractivity contribution in [3.05, 3.63) is 88.8 Å². The zero-order chi connectivity index (χ0) is 25.1. The van der Waals surface area contributed by atoms with Gasteiger partial charge >= 0.3 is 0 Å². The summed E-state index contributed by atoms with van der Waals surface area (Å²) in [5.41, 5.74) is 2.35. The van der Waals surface area contributed by atoms with Gasteiger partial charge in [-0.2, -0.15) is 0 Å². The number of phenols is 1.